The molecule has 0 aliphatic carbocycles. The zero-order valence-electron chi connectivity index (χ0n) is 14.5. The number of hydrogen-bond acceptors (Lipinski definition) is 6. The van der Waals surface area contributed by atoms with E-state index in [1.165, 1.54) is 21.0 Å². The van der Waals surface area contributed by atoms with Crippen LogP contribution in [-0.2, 0) is 17.1 Å². The molecule has 7 nitrogen and oxygen atoms in total. The van der Waals surface area contributed by atoms with Crippen LogP contribution in [0, 0.1) is 6.92 Å². The minimum absolute atomic E-state index is 0.121. The maximum Gasteiger partial charge on any atom is 0.419 e. The third kappa shape index (κ3) is 2.89. The fourth-order valence-electron chi connectivity index (χ4n) is 3.35. The molecule has 2 aromatic heterocycles. The first-order valence-electron chi connectivity index (χ1n) is 8.38. The Morgan fingerprint density at radius 1 is 1.35 bits per heavy atom. The second-order valence-electron chi connectivity index (χ2n) is 6.59. The number of oxazole rings is 1. The van der Waals surface area contributed by atoms with E-state index in [2.05, 4.69) is 4.98 Å². The number of thiazole rings is 1. The third-order valence-corrected chi connectivity index (χ3v) is 7.76. The van der Waals surface area contributed by atoms with Crippen LogP contribution in [0.15, 0.2) is 37.7 Å². The summed E-state index contributed by atoms with van der Waals surface area (Å²) in [5.74, 6) is -0.387. The molecule has 3 aromatic rings. The molecule has 1 unspecified atom stereocenters. The normalized spacial score (nSPS) is 19.2. The average Bonchev–Trinajstić information content (AvgIpc) is 3.18. The van der Waals surface area contributed by atoms with E-state index in [9.17, 15) is 13.2 Å². The highest BCUT2D eigenvalue weighted by molar-refractivity contribution is 7.89. The first-order chi connectivity index (χ1) is 12.4. The van der Waals surface area contributed by atoms with Crippen LogP contribution in [0.2, 0.25) is 0 Å². The van der Waals surface area contributed by atoms with Crippen molar-refractivity contribution in [3.05, 3.63) is 44.8 Å². The van der Waals surface area contributed by atoms with Crippen LogP contribution in [-0.4, -0.2) is 35.4 Å². The Morgan fingerprint density at radius 3 is 2.88 bits per heavy atom. The summed E-state index contributed by atoms with van der Waals surface area (Å²) in [7, 11) is -2.06. The van der Waals surface area contributed by atoms with E-state index in [-0.39, 0.29) is 16.4 Å². The number of benzene rings is 1. The van der Waals surface area contributed by atoms with Crippen molar-refractivity contribution in [1.29, 1.82) is 0 Å². The lowest BCUT2D eigenvalue weighted by Gasteiger charge is -2.31. The molecule has 1 aromatic carbocycles. The molecule has 0 saturated carbocycles. The summed E-state index contributed by atoms with van der Waals surface area (Å²) < 4.78 is 34.2. The van der Waals surface area contributed by atoms with Gasteiger partial charge in [0.15, 0.2) is 5.58 Å². The molecule has 0 radical (unpaired) electrons. The van der Waals surface area contributed by atoms with Gasteiger partial charge in [0.05, 0.1) is 15.4 Å². The second-order valence-corrected chi connectivity index (χ2v) is 9.41. The predicted molar refractivity (Wildman–Crippen MR) is 99.0 cm³/mol. The highest BCUT2D eigenvalue weighted by Gasteiger charge is 2.32. The van der Waals surface area contributed by atoms with Gasteiger partial charge in [-0.05, 0) is 31.9 Å². The van der Waals surface area contributed by atoms with Crippen LogP contribution in [0.3, 0.4) is 0 Å². The maximum absolute atomic E-state index is 13.1. The Balaban J connectivity index is 1.66. The summed E-state index contributed by atoms with van der Waals surface area (Å²) >= 11 is 1.59. The molecule has 1 saturated heterocycles. The van der Waals surface area contributed by atoms with Gasteiger partial charge in [0, 0.05) is 43.2 Å². The van der Waals surface area contributed by atoms with Gasteiger partial charge in [-0.3, -0.25) is 4.57 Å². The van der Waals surface area contributed by atoms with Crippen LogP contribution < -0.4 is 5.76 Å². The molecule has 3 heterocycles. The Hall–Kier alpha value is -1.97. The Labute approximate surface area is 154 Å². The smallest absolute Gasteiger partial charge is 0.408 e. The van der Waals surface area contributed by atoms with E-state index in [0.717, 1.165) is 23.5 Å². The van der Waals surface area contributed by atoms with Gasteiger partial charge in [0.2, 0.25) is 10.0 Å². The van der Waals surface area contributed by atoms with Crippen LogP contribution in [0.1, 0.15) is 29.5 Å². The monoisotopic (exact) mass is 393 g/mol. The highest BCUT2D eigenvalue weighted by Crippen LogP contribution is 2.32. The van der Waals surface area contributed by atoms with Crippen molar-refractivity contribution in [3.8, 4) is 0 Å². The summed E-state index contributed by atoms with van der Waals surface area (Å²) in [5.41, 5.74) is 1.82. The van der Waals surface area contributed by atoms with Gasteiger partial charge in [0.1, 0.15) is 0 Å². The van der Waals surface area contributed by atoms with Crippen molar-refractivity contribution in [2.75, 3.05) is 13.1 Å². The topological polar surface area (TPSA) is 85.4 Å². The van der Waals surface area contributed by atoms with Gasteiger partial charge < -0.3 is 4.42 Å². The lowest BCUT2D eigenvalue weighted by Crippen LogP contribution is -2.39. The molecule has 138 valence electrons. The maximum atomic E-state index is 13.1. The molecular weight excluding hydrogens is 374 g/mol. The average molecular weight is 393 g/mol. The summed E-state index contributed by atoms with van der Waals surface area (Å²) in [5, 5.41) is 2.99. The molecule has 1 aliphatic rings. The second kappa shape index (κ2) is 6.33. The van der Waals surface area contributed by atoms with Gasteiger partial charge in [0.25, 0.3) is 0 Å². The Bertz CT molecular complexity index is 1130. The quantitative estimate of drug-likeness (QED) is 0.682. The van der Waals surface area contributed by atoms with E-state index >= 15 is 0 Å². The first kappa shape index (κ1) is 17.4. The minimum Gasteiger partial charge on any atom is -0.408 e. The molecule has 1 fully saturated rings. The number of rotatable bonds is 3. The molecule has 4 rings (SSSR count). The van der Waals surface area contributed by atoms with Crippen molar-refractivity contribution in [2.24, 2.45) is 7.05 Å². The summed E-state index contributed by atoms with van der Waals surface area (Å²) in [6.07, 6.45) is 1.73. The number of piperidine rings is 1. The SMILES string of the molecule is Cc1csc(C2CCCN(S(=O)(=O)c3ccc4c(c3)oc(=O)n4C)C2)n1. The van der Waals surface area contributed by atoms with E-state index in [0.29, 0.717) is 18.6 Å². The largest absolute Gasteiger partial charge is 0.419 e. The fourth-order valence-corrected chi connectivity index (χ4v) is 5.81. The van der Waals surface area contributed by atoms with Crippen molar-refractivity contribution >= 4 is 32.5 Å². The molecule has 1 atom stereocenters. The lowest BCUT2D eigenvalue weighted by molar-refractivity contribution is 0.315. The van der Waals surface area contributed by atoms with Crippen LogP contribution in [0.4, 0.5) is 0 Å². The van der Waals surface area contributed by atoms with E-state index < -0.39 is 15.8 Å². The molecule has 0 bridgehead atoms. The van der Waals surface area contributed by atoms with Crippen LogP contribution >= 0.6 is 11.3 Å². The van der Waals surface area contributed by atoms with Gasteiger partial charge >= 0.3 is 5.76 Å². The predicted octanol–water partition coefficient (Wildman–Crippen LogP) is 2.46. The zero-order chi connectivity index (χ0) is 18.5. The van der Waals surface area contributed by atoms with Gasteiger partial charge in [-0.25, -0.2) is 18.2 Å². The highest BCUT2D eigenvalue weighted by atomic mass is 32.2. The molecule has 0 N–H and O–H groups in total. The standard InChI is InChI=1S/C17H19N3O4S2/c1-11-10-25-16(18-11)12-4-3-7-20(9-12)26(22,23)13-5-6-14-15(8-13)24-17(21)19(14)2/h5-6,8,10,12H,3-4,7,9H2,1-2H3. The summed E-state index contributed by atoms with van der Waals surface area (Å²) in [4.78, 5) is 16.3. The number of aryl methyl sites for hydroxylation is 2. The lowest BCUT2D eigenvalue weighted by atomic mass is 10.0. The molecule has 0 spiro atoms. The summed E-state index contributed by atoms with van der Waals surface area (Å²) in [6, 6.07) is 4.58. The van der Waals surface area contributed by atoms with E-state index in [1.807, 2.05) is 12.3 Å². The fraction of sp³-hybridized carbons (Fsp3) is 0.412. The summed E-state index contributed by atoms with van der Waals surface area (Å²) in [6.45, 7) is 2.85. The number of nitrogens with zero attached hydrogens (tertiary/aromatic N) is 3. The van der Waals surface area contributed by atoms with Gasteiger partial charge in [-0.1, -0.05) is 0 Å². The van der Waals surface area contributed by atoms with Crippen LogP contribution in [0.5, 0.6) is 0 Å². The van der Waals surface area contributed by atoms with Crippen molar-refractivity contribution in [1.82, 2.24) is 13.9 Å². The first-order valence-corrected chi connectivity index (χ1v) is 10.7. The molecule has 26 heavy (non-hydrogen) atoms. The Morgan fingerprint density at radius 2 is 2.15 bits per heavy atom. The number of fused-ring (bicyclic) bond motifs is 1. The molecule has 9 heteroatoms. The number of sulfonamides is 1. The Kier molecular flexibility index (Phi) is 4.25. The zero-order valence-corrected chi connectivity index (χ0v) is 16.1. The van der Waals surface area contributed by atoms with E-state index in [4.69, 9.17) is 4.42 Å². The van der Waals surface area contributed by atoms with Crippen molar-refractivity contribution in [3.63, 3.8) is 0 Å². The minimum atomic E-state index is -3.65. The molecule has 0 amide bonds. The van der Waals surface area contributed by atoms with Crippen LogP contribution in [0.25, 0.3) is 11.1 Å². The number of hydrogen-bond donors (Lipinski definition) is 0. The molecule has 1 aliphatic heterocycles. The molecular formula is C17H19N3O4S2. The van der Waals surface area contributed by atoms with Crippen molar-refractivity contribution in [2.45, 2.75) is 30.6 Å². The van der Waals surface area contributed by atoms with Crippen molar-refractivity contribution < 1.29 is 12.8 Å². The number of aromatic nitrogens is 2. The third-order valence-electron chi connectivity index (χ3n) is 4.77. The van der Waals surface area contributed by atoms with Gasteiger partial charge in [-0.2, -0.15) is 4.31 Å². The van der Waals surface area contributed by atoms with E-state index in [1.54, 1.807) is 24.5 Å². The van der Waals surface area contributed by atoms with Gasteiger partial charge in [-0.15, -0.1) is 11.3 Å².